The number of hydrogen-bond acceptors (Lipinski definition) is 4. The monoisotopic (exact) mass is 579 g/mol. The lowest BCUT2D eigenvalue weighted by molar-refractivity contribution is 0.131. The average Bonchev–Trinajstić information content (AvgIpc) is 3.39. The molecule has 1 saturated heterocycles. The first kappa shape index (κ1) is 29.9. The number of nitrogens with one attached hydrogen (secondary N) is 2. The zero-order chi connectivity index (χ0) is 30.6. The number of piperidine rings is 1. The van der Waals surface area contributed by atoms with Gasteiger partial charge in [-0.2, -0.15) is 5.10 Å². The quantitative estimate of drug-likeness (QED) is 0.243. The van der Waals surface area contributed by atoms with Crippen LogP contribution in [-0.4, -0.2) is 39.9 Å². The molecule has 0 bridgehead atoms. The number of nitrogens with zero attached hydrogens (tertiary/aromatic N) is 3. The lowest BCUT2D eigenvalue weighted by Crippen LogP contribution is -2.40. The standard InChI is InChI=1S/C35H41N5O3/c1-24-9-13-29(14-10-24)40-32(23-31(38-40)35(3,4)5)37-33(41)36-28-8-6-7-27(22-28)21-26-17-19-39(20-18-26)34(42)43-30-15-11-25(2)12-16-30/h6-16,22-23,26H,17-21H2,1-5H3,(H2,36,37,41). The maximum atomic E-state index is 13.1. The molecule has 5 rings (SSSR count). The molecule has 1 aliphatic heterocycles. The van der Waals surface area contributed by atoms with Gasteiger partial charge in [-0.25, -0.2) is 14.3 Å². The van der Waals surface area contributed by atoms with E-state index in [4.69, 9.17) is 9.84 Å². The molecule has 2 heterocycles. The number of aromatic nitrogens is 2. The van der Waals surface area contributed by atoms with Crippen LogP contribution in [0.4, 0.5) is 21.1 Å². The number of amides is 3. The van der Waals surface area contributed by atoms with E-state index in [0.717, 1.165) is 53.0 Å². The first-order chi connectivity index (χ1) is 20.5. The smallest absolute Gasteiger partial charge is 0.410 e. The van der Waals surface area contributed by atoms with E-state index < -0.39 is 0 Å². The van der Waals surface area contributed by atoms with Crippen molar-refractivity contribution in [3.05, 3.63) is 101 Å². The first-order valence-corrected chi connectivity index (χ1v) is 14.9. The van der Waals surface area contributed by atoms with Crippen molar-refractivity contribution >= 4 is 23.6 Å². The normalized spacial score (nSPS) is 13.9. The van der Waals surface area contributed by atoms with Crippen LogP contribution < -0.4 is 15.4 Å². The van der Waals surface area contributed by atoms with Gasteiger partial charge >= 0.3 is 12.1 Å². The molecule has 0 spiro atoms. The van der Waals surface area contributed by atoms with Crippen LogP contribution in [0.3, 0.4) is 0 Å². The summed E-state index contributed by atoms with van der Waals surface area (Å²) in [5.74, 6) is 1.63. The molecule has 2 N–H and O–H groups in total. The van der Waals surface area contributed by atoms with Crippen molar-refractivity contribution in [2.24, 2.45) is 5.92 Å². The molecule has 3 aromatic carbocycles. The predicted molar refractivity (Wildman–Crippen MR) is 171 cm³/mol. The van der Waals surface area contributed by atoms with Crippen LogP contribution >= 0.6 is 0 Å². The minimum absolute atomic E-state index is 0.172. The molecule has 43 heavy (non-hydrogen) atoms. The Labute approximate surface area is 254 Å². The van der Waals surface area contributed by atoms with E-state index in [0.29, 0.717) is 30.6 Å². The van der Waals surface area contributed by atoms with Crippen LogP contribution in [0.5, 0.6) is 5.75 Å². The Morgan fingerprint density at radius 1 is 0.884 bits per heavy atom. The Kier molecular flexibility index (Phi) is 8.85. The average molecular weight is 580 g/mol. The second-order valence-corrected chi connectivity index (χ2v) is 12.5. The summed E-state index contributed by atoms with van der Waals surface area (Å²) in [6.07, 6.45) is 2.39. The summed E-state index contributed by atoms with van der Waals surface area (Å²) in [4.78, 5) is 27.5. The highest BCUT2D eigenvalue weighted by Gasteiger charge is 2.25. The molecule has 0 unspecified atom stereocenters. The number of anilines is 2. The molecular weight excluding hydrogens is 538 g/mol. The fraction of sp³-hybridized carbons (Fsp3) is 0.343. The van der Waals surface area contributed by atoms with Gasteiger partial charge in [-0.1, -0.05) is 68.3 Å². The summed E-state index contributed by atoms with van der Waals surface area (Å²) < 4.78 is 7.32. The third-order valence-electron chi connectivity index (χ3n) is 7.81. The van der Waals surface area contributed by atoms with Crippen molar-refractivity contribution in [3.8, 4) is 11.4 Å². The molecule has 4 aromatic rings. The summed E-state index contributed by atoms with van der Waals surface area (Å²) >= 11 is 0. The Balaban J connectivity index is 1.17. The number of hydrogen-bond donors (Lipinski definition) is 2. The van der Waals surface area contributed by atoms with E-state index in [2.05, 4.69) is 37.5 Å². The van der Waals surface area contributed by atoms with Crippen molar-refractivity contribution in [2.45, 2.75) is 59.3 Å². The van der Waals surface area contributed by atoms with Gasteiger partial charge in [-0.3, -0.25) is 5.32 Å². The minimum atomic E-state index is -0.328. The van der Waals surface area contributed by atoms with Crippen molar-refractivity contribution in [3.63, 3.8) is 0 Å². The number of urea groups is 1. The topological polar surface area (TPSA) is 88.5 Å². The van der Waals surface area contributed by atoms with Crippen LogP contribution in [0.25, 0.3) is 5.69 Å². The number of aryl methyl sites for hydroxylation is 2. The maximum Gasteiger partial charge on any atom is 0.415 e. The Bertz CT molecular complexity index is 1560. The van der Waals surface area contributed by atoms with Gasteiger partial charge in [-0.05, 0) is 81.0 Å². The molecule has 0 atom stereocenters. The van der Waals surface area contributed by atoms with Gasteiger partial charge in [-0.15, -0.1) is 0 Å². The zero-order valence-electron chi connectivity index (χ0n) is 25.7. The Morgan fingerprint density at radius 3 is 2.19 bits per heavy atom. The zero-order valence-corrected chi connectivity index (χ0v) is 25.7. The number of carbonyl (C=O) groups excluding carboxylic acids is 2. The lowest BCUT2D eigenvalue weighted by atomic mass is 9.90. The summed E-state index contributed by atoms with van der Waals surface area (Å²) in [7, 11) is 0. The predicted octanol–water partition coefficient (Wildman–Crippen LogP) is 7.88. The summed E-state index contributed by atoms with van der Waals surface area (Å²) in [5.41, 5.74) is 5.76. The Hall–Kier alpha value is -4.59. The third kappa shape index (κ3) is 7.83. The highest BCUT2D eigenvalue weighted by Crippen LogP contribution is 2.27. The molecule has 1 aliphatic rings. The van der Waals surface area contributed by atoms with Crippen molar-refractivity contribution in [1.29, 1.82) is 0 Å². The van der Waals surface area contributed by atoms with Crippen molar-refractivity contribution in [2.75, 3.05) is 23.7 Å². The van der Waals surface area contributed by atoms with Gasteiger partial charge in [0.1, 0.15) is 11.6 Å². The summed E-state index contributed by atoms with van der Waals surface area (Å²) in [6, 6.07) is 25.1. The molecule has 0 saturated carbocycles. The van der Waals surface area contributed by atoms with Crippen LogP contribution in [0.15, 0.2) is 78.9 Å². The van der Waals surface area contributed by atoms with E-state index in [-0.39, 0.29) is 17.5 Å². The van der Waals surface area contributed by atoms with E-state index >= 15 is 0 Å². The van der Waals surface area contributed by atoms with E-state index in [1.165, 1.54) is 0 Å². The van der Waals surface area contributed by atoms with Gasteiger partial charge in [0.05, 0.1) is 11.4 Å². The molecule has 8 heteroatoms. The molecule has 0 aliphatic carbocycles. The van der Waals surface area contributed by atoms with Crippen molar-refractivity contribution in [1.82, 2.24) is 14.7 Å². The van der Waals surface area contributed by atoms with Gasteiger partial charge in [0.15, 0.2) is 0 Å². The Morgan fingerprint density at radius 2 is 1.53 bits per heavy atom. The molecule has 3 amide bonds. The summed E-state index contributed by atoms with van der Waals surface area (Å²) in [6.45, 7) is 11.7. The van der Waals surface area contributed by atoms with Gasteiger partial charge in [0.25, 0.3) is 0 Å². The van der Waals surface area contributed by atoms with Crippen LogP contribution in [-0.2, 0) is 11.8 Å². The van der Waals surface area contributed by atoms with Crippen LogP contribution in [0.2, 0.25) is 0 Å². The number of ether oxygens (including phenoxy) is 1. The minimum Gasteiger partial charge on any atom is -0.410 e. The molecule has 1 fully saturated rings. The highest BCUT2D eigenvalue weighted by atomic mass is 16.6. The van der Waals surface area contributed by atoms with E-state index in [1.807, 2.05) is 86.6 Å². The van der Waals surface area contributed by atoms with E-state index in [1.54, 1.807) is 9.58 Å². The molecule has 8 nitrogen and oxygen atoms in total. The third-order valence-corrected chi connectivity index (χ3v) is 7.81. The SMILES string of the molecule is Cc1ccc(OC(=O)N2CCC(Cc3cccc(NC(=O)Nc4cc(C(C)(C)C)nn4-c4ccc(C)cc4)c3)CC2)cc1. The fourth-order valence-electron chi connectivity index (χ4n) is 5.20. The molecule has 224 valence electrons. The molecular formula is C35H41N5O3. The maximum absolute atomic E-state index is 13.1. The number of rotatable bonds is 6. The largest absolute Gasteiger partial charge is 0.415 e. The number of likely N-dealkylation sites (tertiary alicyclic amines) is 1. The van der Waals surface area contributed by atoms with Crippen LogP contribution in [0.1, 0.15) is 56.0 Å². The van der Waals surface area contributed by atoms with Gasteiger partial charge in [0, 0.05) is 30.3 Å². The van der Waals surface area contributed by atoms with Gasteiger partial charge < -0.3 is 15.0 Å². The number of carbonyl (C=O) groups is 2. The fourth-order valence-corrected chi connectivity index (χ4v) is 5.20. The molecule has 0 radical (unpaired) electrons. The highest BCUT2D eigenvalue weighted by molar-refractivity contribution is 5.99. The second kappa shape index (κ2) is 12.7. The second-order valence-electron chi connectivity index (χ2n) is 12.5. The summed E-state index contributed by atoms with van der Waals surface area (Å²) in [5, 5.41) is 10.8. The van der Waals surface area contributed by atoms with Gasteiger partial charge in [0.2, 0.25) is 0 Å². The molecule has 1 aromatic heterocycles. The lowest BCUT2D eigenvalue weighted by Gasteiger charge is -2.31. The first-order valence-electron chi connectivity index (χ1n) is 14.9. The number of benzene rings is 3. The van der Waals surface area contributed by atoms with Crippen molar-refractivity contribution < 1.29 is 14.3 Å². The van der Waals surface area contributed by atoms with E-state index in [9.17, 15) is 9.59 Å². The van der Waals surface area contributed by atoms with Crippen LogP contribution in [0, 0.1) is 19.8 Å².